The van der Waals surface area contributed by atoms with Crippen LogP contribution in [0.3, 0.4) is 0 Å². The van der Waals surface area contributed by atoms with Gasteiger partial charge in [0.15, 0.2) is 5.13 Å². The Balaban J connectivity index is 1.93. The molecule has 0 aromatic carbocycles. The highest BCUT2D eigenvalue weighted by molar-refractivity contribution is 7.13. The number of aryl methyl sites for hydroxylation is 2. The summed E-state index contributed by atoms with van der Waals surface area (Å²) >= 11 is 1.62. The lowest BCUT2D eigenvalue weighted by Crippen LogP contribution is -1.99. The zero-order valence-corrected chi connectivity index (χ0v) is 9.60. The summed E-state index contributed by atoms with van der Waals surface area (Å²) < 4.78 is 4.97. The lowest BCUT2D eigenvalue weighted by molar-refractivity contribution is 0.391. The van der Waals surface area contributed by atoms with Crippen molar-refractivity contribution in [3.63, 3.8) is 0 Å². The summed E-state index contributed by atoms with van der Waals surface area (Å²) in [6.07, 6.45) is 0.973. The molecule has 4 nitrogen and oxygen atoms in total. The van der Waals surface area contributed by atoms with E-state index < -0.39 is 0 Å². The van der Waals surface area contributed by atoms with E-state index in [1.165, 1.54) is 0 Å². The quantitative estimate of drug-likeness (QED) is 0.865. The molecule has 0 amide bonds. The molecule has 2 rings (SSSR count). The molecule has 0 spiro atoms. The molecule has 0 fully saturated rings. The maximum atomic E-state index is 4.97. The fourth-order valence-electron chi connectivity index (χ4n) is 1.22. The molecule has 0 aliphatic heterocycles. The van der Waals surface area contributed by atoms with E-state index in [2.05, 4.69) is 27.8 Å². The second-order valence-corrected chi connectivity index (χ2v) is 4.14. The fraction of sp³-hybridized carbons (Fsp3) is 0.400. The van der Waals surface area contributed by atoms with Crippen molar-refractivity contribution in [2.24, 2.45) is 0 Å². The number of thiazole rings is 1. The highest BCUT2D eigenvalue weighted by Gasteiger charge is 2.02. The molecule has 0 unspecified atom stereocenters. The maximum Gasteiger partial charge on any atom is 0.183 e. The standard InChI is InChI=1S/C10H13N3OS/c1-3-8-6-15-10(12-8)11-5-9-4-7(2)14-13-9/h4,6H,3,5H2,1-2H3,(H,11,12). The van der Waals surface area contributed by atoms with Crippen LogP contribution in [0.1, 0.15) is 24.1 Å². The van der Waals surface area contributed by atoms with Gasteiger partial charge in [-0.3, -0.25) is 0 Å². The third kappa shape index (κ3) is 2.56. The van der Waals surface area contributed by atoms with Crippen LogP contribution in [-0.4, -0.2) is 10.1 Å². The van der Waals surface area contributed by atoms with Crippen molar-refractivity contribution in [1.29, 1.82) is 0 Å². The van der Waals surface area contributed by atoms with E-state index in [4.69, 9.17) is 4.52 Å². The number of rotatable bonds is 4. The molecular formula is C10H13N3OS. The van der Waals surface area contributed by atoms with E-state index in [0.29, 0.717) is 6.54 Å². The number of aromatic nitrogens is 2. The number of hydrogen-bond donors (Lipinski definition) is 1. The summed E-state index contributed by atoms with van der Waals surface area (Å²) in [5.74, 6) is 0.834. The van der Waals surface area contributed by atoms with Crippen LogP contribution in [0.15, 0.2) is 16.0 Å². The van der Waals surface area contributed by atoms with Gasteiger partial charge in [-0.25, -0.2) is 4.98 Å². The van der Waals surface area contributed by atoms with Crippen molar-refractivity contribution in [2.75, 3.05) is 5.32 Å². The zero-order chi connectivity index (χ0) is 10.7. The van der Waals surface area contributed by atoms with Crippen LogP contribution in [0.5, 0.6) is 0 Å². The van der Waals surface area contributed by atoms with Crippen molar-refractivity contribution in [3.8, 4) is 0 Å². The van der Waals surface area contributed by atoms with Gasteiger partial charge < -0.3 is 9.84 Å². The Morgan fingerprint density at radius 1 is 1.47 bits per heavy atom. The van der Waals surface area contributed by atoms with Gasteiger partial charge in [0.2, 0.25) is 0 Å². The van der Waals surface area contributed by atoms with Crippen molar-refractivity contribution < 1.29 is 4.52 Å². The normalized spacial score (nSPS) is 10.5. The zero-order valence-electron chi connectivity index (χ0n) is 8.78. The van der Waals surface area contributed by atoms with Crippen LogP contribution in [0.2, 0.25) is 0 Å². The van der Waals surface area contributed by atoms with Gasteiger partial charge in [-0.15, -0.1) is 11.3 Å². The molecule has 2 aromatic rings. The SMILES string of the molecule is CCc1csc(NCc2cc(C)on2)n1. The molecule has 0 radical (unpaired) electrons. The molecule has 0 atom stereocenters. The Morgan fingerprint density at radius 2 is 2.33 bits per heavy atom. The highest BCUT2D eigenvalue weighted by atomic mass is 32.1. The smallest absolute Gasteiger partial charge is 0.183 e. The summed E-state index contributed by atoms with van der Waals surface area (Å²) in [6.45, 7) is 4.64. The van der Waals surface area contributed by atoms with Crippen molar-refractivity contribution in [1.82, 2.24) is 10.1 Å². The molecule has 2 aromatic heterocycles. The Hall–Kier alpha value is -1.36. The monoisotopic (exact) mass is 223 g/mol. The largest absolute Gasteiger partial charge is 0.361 e. The first-order valence-electron chi connectivity index (χ1n) is 4.88. The second-order valence-electron chi connectivity index (χ2n) is 3.28. The van der Waals surface area contributed by atoms with Gasteiger partial charge in [-0.2, -0.15) is 0 Å². The lowest BCUT2D eigenvalue weighted by Gasteiger charge is -1.96. The van der Waals surface area contributed by atoms with Gasteiger partial charge in [0.25, 0.3) is 0 Å². The van der Waals surface area contributed by atoms with Gasteiger partial charge in [0.05, 0.1) is 12.2 Å². The Kier molecular flexibility index (Phi) is 3.01. The minimum absolute atomic E-state index is 0.661. The van der Waals surface area contributed by atoms with E-state index in [9.17, 15) is 0 Å². The van der Waals surface area contributed by atoms with Gasteiger partial charge in [0, 0.05) is 11.4 Å². The molecular weight excluding hydrogens is 210 g/mol. The number of nitrogens with zero attached hydrogens (tertiary/aromatic N) is 2. The minimum atomic E-state index is 0.661. The minimum Gasteiger partial charge on any atom is -0.361 e. The average Bonchev–Trinajstić information content (AvgIpc) is 2.83. The first-order valence-corrected chi connectivity index (χ1v) is 5.76. The molecule has 2 heterocycles. The summed E-state index contributed by atoms with van der Waals surface area (Å²) in [6, 6.07) is 1.92. The molecule has 5 heteroatoms. The molecule has 0 aliphatic rings. The highest BCUT2D eigenvalue weighted by Crippen LogP contribution is 2.16. The summed E-state index contributed by atoms with van der Waals surface area (Å²) in [7, 11) is 0. The van der Waals surface area contributed by atoms with E-state index >= 15 is 0 Å². The van der Waals surface area contributed by atoms with Crippen LogP contribution < -0.4 is 5.32 Å². The van der Waals surface area contributed by atoms with E-state index in [1.807, 2.05) is 13.0 Å². The molecule has 0 saturated heterocycles. The van der Waals surface area contributed by atoms with Gasteiger partial charge in [-0.1, -0.05) is 12.1 Å². The van der Waals surface area contributed by atoms with Crippen LogP contribution in [0.4, 0.5) is 5.13 Å². The molecule has 0 aliphatic carbocycles. The third-order valence-electron chi connectivity index (χ3n) is 2.01. The molecule has 0 bridgehead atoms. The van der Waals surface area contributed by atoms with Crippen molar-refractivity contribution in [3.05, 3.63) is 28.6 Å². The van der Waals surface area contributed by atoms with E-state index in [-0.39, 0.29) is 0 Å². The summed E-state index contributed by atoms with van der Waals surface area (Å²) in [5, 5.41) is 10.1. The maximum absolute atomic E-state index is 4.97. The van der Waals surface area contributed by atoms with Crippen LogP contribution in [0.25, 0.3) is 0 Å². The van der Waals surface area contributed by atoms with Gasteiger partial charge in [0.1, 0.15) is 11.5 Å². The molecule has 1 N–H and O–H groups in total. The topological polar surface area (TPSA) is 51.0 Å². The van der Waals surface area contributed by atoms with Gasteiger partial charge in [-0.05, 0) is 13.3 Å². The first kappa shape index (κ1) is 10.2. The Morgan fingerprint density at radius 3 is 2.93 bits per heavy atom. The Labute approximate surface area is 92.3 Å². The van der Waals surface area contributed by atoms with Crippen molar-refractivity contribution in [2.45, 2.75) is 26.8 Å². The number of hydrogen-bond acceptors (Lipinski definition) is 5. The van der Waals surface area contributed by atoms with Crippen molar-refractivity contribution >= 4 is 16.5 Å². The van der Waals surface area contributed by atoms with E-state index in [1.54, 1.807) is 11.3 Å². The fourth-order valence-corrected chi connectivity index (χ4v) is 2.01. The van der Waals surface area contributed by atoms with Crippen LogP contribution in [0, 0.1) is 6.92 Å². The number of anilines is 1. The number of nitrogens with one attached hydrogen (secondary N) is 1. The molecule has 15 heavy (non-hydrogen) atoms. The second kappa shape index (κ2) is 4.44. The predicted octanol–water partition coefficient (Wildman–Crippen LogP) is 2.61. The molecule has 0 saturated carbocycles. The first-order chi connectivity index (χ1) is 7.28. The van der Waals surface area contributed by atoms with Crippen LogP contribution >= 0.6 is 11.3 Å². The summed E-state index contributed by atoms with van der Waals surface area (Å²) in [5.41, 5.74) is 2.03. The van der Waals surface area contributed by atoms with Crippen LogP contribution in [-0.2, 0) is 13.0 Å². The average molecular weight is 223 g/mol. The predicted molar refractivity (Wildman–Crippen MR) is 60.1 cm³/mol. The lowest BCUT2D eigenvalue weighted by atomic mass is 10.4. The third-order valence-corrected chi connectivity index (χ3v) is 2.86. The molecule has 80 valence electrons. The van der Waals surface area contributed by atoms with Gasteiger partial charge >= 0.3 is 0 Å². The van der Waals surface area contributed by atoms with E-state index in [0.717, 1.165) is 28.7 Å². The Bertz CT molecular complexity index is 435. The summed E-state index contributed by atoms with van der Waals surface area (Å²) in [4.78, 5) is 4.40.